The second-order valence-electron chi connectivity index (χ2n) is 6.28. The first-order chi connectivity index (χ1) is 12.2. The number of fused-ring (bicyclic) bond motifs is 1. The van der Waals surface area contributed by atoms with Crippen LogP contribution in [0.15, 0.2) is 35.6 Å². The predicted octanol–water partition coefficient (Wildman–Crippen LogP) is 1.61. The van der Waals surface area contributed by atoms with Gasteiger partial charge in [-0.05, 0) is 26.2 Å². The van der Waals surface area contributed by atoms with Crippen LogP contribution in [0.1, 0.15) is 48.3 Å². The van der Waals surface area contributed by atoms with Crippen LogP contribution in [-0.4, -0.2) is 41.5 Å². The maximum absolute atomic E-state index is 13.0. The minimum atomic E-state index is -0.152. The summed E-state index contributed by atoms with van der Waals surface area (Å²) in [5.74, 6) is 0.452. The molecule has 3 aromatic heterocycles. The van der Waals surface area contributed by atoms with E-state index in [1.165, 1.54) is 4.40 Å². The number of nitrogens with zero attached hydrogens (tertiary/aromatic N) is 5. The highest BCUT2D eigenvalue weighted by Gasteiger charge is 2.30. The van der Waals surface area contributed by atoms with Crippen molar-refractivity contribution in [3.05, 3.63) is 52.5 Å². The zero-order valence-corrected chi connectivity index (χ0v) is 14.1. The zero-order chi connectivity index (χ0) is 17.4. The summed E-state index contributed by atoms with van der Waals surface area (Å²) < 4.78 is 3.20. The van der Waals surface area contributed by atoms with Crippen molar-refractivity contribution < 1.29 is 4.79 Å². The van der Waals surface area contributed by atoms with E-state index >= 15 is 0 Å². The van der Waals surface area contributed by atoms with Gasteiger partial charge in [-0.15, -0.1) is 0 Å². The second kappa shape index (κ2) is 6.19. The number of likely N-dealkylation sites (tertiary alicyclic amines) is 1. The van der Waals surface area contributed by atoms with Gasteiger partial charge in [0, 0.05) is 43.4 Å². The van der Waals surface area contributed by atoms with E-state index in [4.69, 9.17) is 0 Å². The molecule has 1 saturated heterocycles. The van der Waals surface area contributed by atoms with Crippen LogP contribution in [0.2, 0.25) is 0 Å². The van der Waals surface area contributed by atoms with Gasteiger partial charge < -0.3 is 9.88 Å². The van der Waals surface area contributed by atoms with Crippen LogP contribution in [-0.2, 0) is 6.54 Å². The molecule has 130 valence electrons. The fourth-order valence-corrected chi connectivity index (χ4v) is 3.43. The van der Waals surface area contributed by atoms with Gasteiger partial charge in [0.05, 0.1) is 17.8 Å². The van der Waals surface area contributed by atoms with Crippen molar-refractivity contribution in [1.82, 2.24) is 29.0 Å². The highest BCUT2D eigenvalue weighted by Crippen LogP contribution is 2.30. The number of imidazole rings is 1. The molecule has 1 amide bonds. The molecule has 0 aromatic carbocycles. The molecule has 0 radical (unpaired) electrons. The third kappa shape index (κ3) is 2.73. The Labute approximate surface area is 144 Å². The Morgan fingerprint density at radius 1 is 1.40 bits per heavy atom. The smallest absolute Gasteiger partial charge is 0.259 e. The number of H-pyrrole nitrogens is 1. The molecule has 4 heterocycles. The van der Waals surface area contributed by atoms with Gasteiger partial charge in [0.25, 0.3) is 11.5 Å². The molecule has 1 fully saturated rings. The second-order valence-corrected chi connectivity index (χ2v) is 6.28. The maximum atomic E-state index is 13.0. The van der Waals surface area contributed by atoms with Gasteiger partial charge in [-0.3, -0.25) is 18.7 Å². The molecule has 1 N–H and O–H groups in total. The number of carbonyl (C=O) groups excluding carboxylic acids is 1. The fourth-order valence-electron chi connectivity index (χ4n) is 3.43. The Hall–Kier alpha value is -2.90. The molecule has 0 bridgehead atoms. The summed E-state index contributed by atoms with van der Waals surface area (Å²) in [5, 5.41) is 4.19. The molecule has 1 unspecified atom stereocenters. The van der Waals surface area contributed by atoms with E-state index in [1.807, 2.05) is 11.8 Å². The molecule has 1 atom stereocenters. The molecule has 8 nitrogen and oxygen atoms in total. The summed E-state index contributed by atoms with van der Waals surface area (Å²) in [7, 11) is 0. The number of carbonyl (C=O) groups is 1. The summed E-state index contributed by atoms with van der Waals surface area (Å²) in [6.45, 7) is 3.37. The Morgan fingerprint density at radius 2 is 2.28 bits per heavy atom. The Bertz CT molecular complexity index is 969. The van der Waals surface area contributed by atoms with E-state index in [9.17, 15) is 9.59 Å². The number of aromatic nitrogens is 5. The highest BCUT2D eigenvalue weighted by atomic mass is 16.2. The number of hydrogen-bond donors (Lipinski definition) is 1. The van der Waals surface area contributed by atoms with Crippen molar-refractivity contribution in [1.29, 1.82) is 0 Å². The first-order valence-electron chi connectivity index (χ1n) is 8.57. The predicted molar refractivity (Wildman–Crippen MR) is 91.3 cm³/mol. The van der Waals surface area contributed by atoms with E-state index in [-0.39, 0.29) is 17.5 Å². The van der Waals surface area contributed by atoms with Crippen LogP contribution in [0, 0.1) is 0 Å². The molecule has 0 saturated carbocycles. The SMILES string of the molecule is CCn1cc(C(=O)N2CCCCC2c2cc(=O)n3ccnc3[nH]2)cn1. The fraction of sp³-hybridized carbons (Fsp3) is 0.412. The average molecular weight is 340 g/mol. The molecule has 1 aliphatic rings. The molecule has 0 aliphatic carbocycles. The first kappa shape index (κ1) is 15.6. The van der Waals surface area contributed by atoms with Gasteiger partial charge >= 0.3 is 0 Å². The van der Waals surface area contributed by atoms with Crippen molar-refractivity contribution in [2.75, 3.05) is 6.54 Å². The lowest BCUT2D eigenvalue weighted by molar-refractivity contribution is 0.0606. The quantitative estimate of drug-likeness (QED) is 0.784. The van der Waals surface area contributed by atoms with Crippen molar-refractivity contribution in [3.63, 3.8) is 0 Å². The van der Waals surface area contributed by atoms with Crippen molar-refractivity contribution in [3.8, 4) is 0 Å². The van der Waals surface area contributed by atoms with Crippen LogP contribution in [0.5, 0.6) is 0 Å². The number of nitrogens with one attached hydrogen (secondary N) is 1. The molecule has 25 heavy (non-hydrogen) atoms. The first-order valence-corrected chi connectivity index (χ1v) is 8.57. The molecule has 8 heteroatoms. The van der Waals surface area contributed by atoms with Gasteiger partial charge in [-0.25, -0.2) is 4.98 Å². The standard InChI is InChI=1S/C17H20N6O2/c1-2-21-11-12(10-19-21)16(25)22-7-4-3-5-14(22)13-9-15(24)23-8-6-18-17(23)20-13/h6,8-11,14H,2-5,7H2,1H3,(H,18,20). The van der Waals surface area contributed by atoms with E-state index in [1.54, 1.807) is 35.5 Å². The molecule has 3 aromatic rings. The summed E-state index contributed by atoms with van der Waals surface area (Å²) in [6, 6.07) is 1.42. The number of amides is 1. The molecule has 1 aliphatic heterocycles. The largest absolute Gasteiger partial charge is 0.330 e. The van der Waals surface area contributed by atoms with E-state index in [0.29, 0.717) is 17.9 Å². The van der Waals surface area contributed by atoms with Crippen molar-refractivity contribution in [2.45, 2.75) is 38.8 Å². The third-order valence-corrected chi connectivity index (χ3v) is 4.74. The monoisotopic (exact) mass is 340 g/mol. The highest BCUT2D eigenvalue weighted by molar-refractivity contribution is 5.94. The molecule has 4 rings (SSSR count). The Morgan fingerprint density at radius 3 is 3.08 bits per heavy atom. The van der Waals surface area contributed by atoms with Crippen LogP contribution in [0.4, 0.5) is 0 Å². The molecule has 0 spiro atoms. The number of rotatable bonds is 3. The molecular weight excluding hydrogens is 320 g/mol. The number of aryl methyl sites for hydroxylation is 1. The van der Waals surface area contributed by atoms with Crippen LogP contribution >= 0.6 is 0 Å². The van der Waals surface area contributed by atoms with Crippen molar-refractivity contribution >= 4 is 11.7 Å². The minimum absolute atomic E-state index is 0.0477. The minimum Gasteiger partial charge on any atom is -0.330 e. The van der Waals surface area contributed by atoms with Gasteiger partial charge in [0.15, 0.2) is 0 Å². The number of piperidine rings is 1. The zero-order valence-electron chi connectivity index (χ0n) is 14.1. The maximum Gasteiger partial charge on any atom is 0.259 e. The summed E-state index contributed by atoms with van der Waals surface area (Å²) in [4.78, 5) is 34.5. The Balaban J connectivity index is 1.70. The van der Waals surface area contributed by atoms with Crippen LogP contribution in [0.25, 0.3) is 5.78 Å². The van der Waals surface area contributed by atoms with Crippen LogP contribution in [0.3, 0.4) is 0 Å². The summed E-state index contributed by atoms with van der Waals surface area (Å²) in [5.41, 5.74) is 1.18. The lowest BCUT2D eigenvalue weighted by atomic mass is 9.98. The average Bonchev–Trinajstić information content (AvgIpc) is 3.30. The van der Waals surface area contributed by atoms with E-state index in [0.717, 1.165) is 31.5 Å². The Kier molecular flexibility index (Phi) is 3.87. The van der Waals surface area contributed by atoms with E-state index in [2.05, 4.69) is 15.1 Å². The van der Waals surface area contributed by atoms with Crippen LogP contribution < -0.4 is 5.56 Å². The van der Waals surface area contributed by atoms with Gasteiger partial charge in [0.2, 0.25) is 5.78 Å². The number of aromatic amines is 1. The van der Waals surface area contributed by atoms with Gasteiger partial charge in [-0.2, -0.15) is 5.10 Å². The van der Waals surface area contributed by atoms with E-state index < -0.39 is 0 Å². The van der Waals surface area contributed by atoms with Gasteiger partial charge in [0.1, 0.15) is 0 Å². The van der Waals surface area contributed by atoms with Crippen molar-refractivity contribution in [2.24, 2.45) is 0 Å². The third-order valence-electron chi connectivity index (χ3n) is 4.74. The lowest BCUT2D eigenvalue weighted by Gasteiger charge is -2.35. The molecular formula is C17H20N6O2. The van der Waals surface area contributed by atoms with Gasteiger partial charge in [-0.1, -0.05) is 0 Å². The normalized spacial score (nSPS) is 18.0. The topological polar surface area (TPSA) is 88.3 Å². The summed E-state index contributed by atoms with van der Waals surface area (Å²) >= 11 is 0. The summed E-state index contributed by atoms with van der Waals surface area (Å²) in [6.07, 6.45) is 9.39. The lowest BCUT2D eigenvalue weighted by Crippen LogP contribution is -2.39. The number of hydrogen-bond acceptors (Lipinski definition) is 4.